The maximum absolute atomic E-state index is 14.3. The van der Waals surface area contributed by atoms with Crippen LogP contribution in [0.1, 0.15) is 49.9 Å². The van der Waals surface area contributed by atoms with Crippen LogP contribution in [0.25, 0.3) is 11.1 Å². The molecule has 7 nitrogen and oxygen atoms in total. The molecule has 1 N–H and O–H groups in total. The highest BCUT2D eigenvalue weighted by atomic mass is 32.2. The molecule has 2 heterocycles. The zero-order valence-corrected chi connectivity index (χ0v) is 18.4. The predicted molar refractivity (Wildman–Crippen MR) is 115 cm³/mol. The first-order valence-corrected chi connectivity index (χ1v) is 11.5. The number of halogens is 1. The molecule has 1 aromatic heterocycles. The van der Waals surface area contributed by atoms with Gasteiger partial charge >= 0.3 is 0 Å². The standard InChI is InChI=1S/C22H24FN3O4S/c1-22(2,3)21-25-17-13-15(7-9-18(17)30-21)24-20(27)14-6-8-16(23)19(12-14)31(28,29)26-10-4-5-11-26/h6-9,12-13H,4-5,10-11H2,1-3H3,(H,24,27). The number of fused-ring (bicyclic) bond motifs is 1. The Morgan fingerprint density at radius 2 is 1.84 bits per heavy atom. The van der Waals surface area contributed by atoms with Crippen LogP contribution in [0, 0.1) is 5.82 Å². The van der Waals surface area contributed by atoms with E-state index in [9.17, 15) is 17.6 Å². The monoisotopic (exact) mass is 445 g/mol. The fraction of sp³-hybridized carbons (Fsp3) is 0.364. The molecule has 0 unspecified atom stereocenters. The number of hydrogen-bond donors (Lipinski definition) is 1. The van der Waals surface area contributed by atoms with Crippen LogP contribution < -0.4 is 5.32 Å². The van der Waals surface area contributed by atoms with Crippen LogP contribution in [-0.2, 0) is 15.4 Å². The van der Waals surface area contributed by atoms with Gasteiger partial charge in [0.15, 0.2) is 5.58 Å². The smallest absolute Gasteiger partial charge is 0.255 e. The van der Waals surface area contributed by atoms with E-state index in [0.717, 1.165) is 25.0 Å². The topological polar surface area (TPSA) is 92.5 Å². The number of amides is 1. The van der Waals surface area contributed by atoms with Crippen molar-refractivity contribution in [1.29, 1.82) is 0 Å². The zero-order chi connectivity index (χ0) is 22.4. The predicted octanol–water partition coefficient (Wildman–Crippen LogP) is 4.30. The van der Waals surface area contributed by atoms with Crippen molar-refractivity contribution in [2.24, 2.45) is 0 Å². The Bertz CT molecular complexity index is 1260. The van der Waals surface area contributed by atoms with Crippen LogP contribution in [0.4, 0.5) is 10.1 Å². The molecule has 0 atom stereocenters. The third kappa shape index (κ3) is 4.20. The van der Waals surface area contributed by atoms with Gasteiger partial charge in [-0.05, 0) is 49.2 Å². The molecule has 0 spiro atoms. The Balaban J connectivity index is 1.60. The number of benzene rings is 2. The fourth-order valence-electron chi connectivity index (χ4n) is 3.44. The molecule has 0 saturated carbocycles. The zero-order valence-electron chi connectivity index (χ0n) is 17.6. The normalized spacial score (nSPS) is 15.5. The van der Waals surface area contributed by atoms with Crippen molar-refractivity contribution in [3.8, 4) is 0 Å². The van der Waals surface area contributed by atoms with E-state index in [4.69, 9.17) is 4.42 Å². The number of nitrogens with one attached hydrogen (secondary N) is 1. The molecular formula is C22H24FN3O4S. The third-order valence-corrected chi connectivity index (χ3v) is 7.08. The summed E-state index contributed by atoms with van der Waals surface area (Å²) < 4.78 is 46.8. The maximum Gasteiger partial charge on any atom is 0.255 e. The van der Waals surface area contributed by atoms with Gasteiger partial charge in [-0.25, -0.2) is 17.8 Å². The number of carbonyl (C=O) groups excluding carboxylic acids is 1. The number of rotatable bonds is 4. The molecule has 9 heteroatoms. The summed E-state index contributed by atoms with van der Waals surface area (Å²) in [5.41, 5.74) is 1.46. The van der Waals surface area contributed by atoms with Gasteiger partial charge in [0.1, 0.15) is 16.2 Å². The van der Waals surface area contributed by atoms with Crippen molar-refractivity contribution in [2.75, 3.05) is 18.4 Å². The van der Waals surface area contributed by atoms with E-state index in [2.05, 4.69) is 10.3 Å². The minimum absolute atomic E-state index is 0.0507. The molecule has 1 aliphatic rings. The van der Waals surface area contributed by atoms with E-state index in [1.54, 1.807) is 18.2 Å². The molecular weight excluding hydrogens is 421 g/mol. The number of hydrogen-bond acceptors (Lipinski definition) is 5. The minimum Gasteiger partial charge on any atom is -0.440 e. The van der Waals surface area contributed by atoms with Crippen LogP contribution in [0.2, 0.25) is 0 Å². The number of sulfonamides is 1. The Morgan fingerprint density at radius 1 is 1.13 bits per heavy atom. The second-order valence-corrected chi connectivity index (χ2v) is 10.6. The van der Waals surface area contributed by atoms with E-state index in [1.807, 2.05) is 20.8 Å². The number of anilines is 1. The van der Waals surface area contributed by atoms with Crippen LogP contribution in [0.15, 0.2) is 45.7 Å². The molecule has 1 amide bonds. The number of nitrogens with zero attached hydrogens (tertiary/aromatic N) is 2. The lowest BCUT2D eigenvalue weighted by Gasteiger charge is -2.16. The van der Waals surface area contributed by atoms with Crippen LogP contribution in [0.3, 0.4) is 0 Å². The summed E-state index contributed by atoms with van der Waals surface area (Å²) in [7, 11) is -3.98. The molecule has 0 aliphatic carbocycles. The highest BCUT2D eigenvalue weighted by Gasteiger charge is 2.30. The van der Waals surface area contributed by atoms with Gasteiger partial charge in [0, 0.05) is 29.8 Å². The van der Waals surface area contributed by atoms with Crippen molar-refractivity contribution in [3.63, 3.8) is 0 Å². The fourth-order valence-corrected chi connectivity index (χ4v) is 5.05. The first kappa shape index (κ1) is 21.5. The lowest BCUT2D eigenvalue weighted by molar-refractivity contribution is 0.102. The van der Waals surface area contributed by atoms with Crippen molar-refractivity contribution < 1.29 is 22.0 Å². The average Bonchev–Trinajstić information content (AvgIpc) is 3.37. The molecule has 1 aliphatic heterocycles. The molecule has 1 fully saturated rings. The van der Waals surface area contributed by atoms with Gasteiger partial charge in [-0.1, -0.05) is 20.8 Å². The number of carbonyl (C=O) groups is 1. The molecule has 1 saturated heterocycles. The van der Waals surface area contributed by atoms with Gasteiger partial charge in [-0.2, -0.15) is 4.31 Å². The van der Waals surface area contributed by atoms with Gasteiger partial charge in [-0.15, -0.1) is 0 Å². The number of oxazole rings is 1. The Morgan fingerprint density at radius 3 is 2.52 bits per heavy atom. The molecule has 0 radical (unpaired) electrons. The highest BCUT2D eigenvalue weighted by molar-refractivity contribution is 7.89. The molecule has 4 rings (SSSR count). The first-order valence-electron chi connectivity index (χ1n) is 10.1. The minimum atomic E-state index is -3.98. The molecule has 164 valence electrons. The van der Waals surface area contributed by atoms with E-state index >= 15 is 0 Å². The van der Waals surface area contributed by atoms with Crippen LogP contribution >= 0.6 is 0 Å². The second-order valence-electron chi connectivity index (χ2n) is 8.66. The summed E-state index contributed by atoms with van der Waals surface area (Å²) >= 11 is 0. The number of aromatic nitrogens is 1. The van der Waals surface area contributed by atoms with Gasteiger partial charge in [-0.3, -0.25) is 4.79 Å². The molecule has 31 heavy (non-hydrogen) atoms. The largest absolute Gasteiger partial charge is 0.440 e. The summed E-state index contributed by atoms with van der Waals surface area (Å²) in [6.07, 6.45) is 1.48. The lowest BCUT2D eigenvalue weighted by Crippen LogP contribution is -2.29. The molecule has 3 aromatic rings. The van der Waals surface area contributed by atoms with Gasteiger partial charge in [0.05, 0.1) is 0 Å². The van der Waals surface area contributed by atoms with Crippen LogP contribution in [-0.4, -0.2) is 36.7 Å². The van der Waals surface area contributed by atoms with E-state index in [0.29, 0.717) is 35.8 Å². The van der Waals surface area contributed by atoms with Gasteiger partial charge in [0.25, 0.3) is 5.91 Å². The Labute approximate surface area is 180 Å². The maximum atomic E-state index is 14.3. The van der Waals surface area contributed by atoms with Crippen molar-refractivity contribution in [2.45, 2.75) is 43.9 Å². The van der Waals surface area contributed by atoms with Crippen molar-refractivity contribution in [1.82, 2.24) is 9.29 Å². The van der Waals surface area contributed by atoms with Crippen molar-refractivity contribution >= 4 is 32.7 Å². The quantitative estimate of drug-likeness (QED) is 0.646. The summed E-state index contributed by atoms with van der Waals surface area (Å²) in [6, 6.07) is 8.42. The lowest BCUT2D eigenvalue weighted by atomic mass is 9.97. The molecule has 2 aromatic carbocycles. The first-order chi connectivity index (χ1) is 14.6. The third-order valence-electron chi connectivity index (χ3n) is 5.16. The van der Waals surface area contributed by atoms with Crippen LogP contribution in [0.5, 0.6) is 0 Å². The SMILES string of the molecule is CC(C)(C)c1nc2cc(NC(=O)c3ccc(F)c(S(=O)(=O)N4CCCC4)c3)ccc2o1. The summed E-state index contributed by atoms with van der Waals surface area (Å²) in [6.45, 7) is 6.67. The molecule has 0 bridgehead atoms. The van der Waals surface area contributed by atoms with Crippen molar-refractivity contribution in [3.05, 3.63) is 53.7 Å². The average molecular weight is 446 g/mol. The highest BCUT2D eigenvalue weighted by Crippen LogP contribution is 2.28. The van der Waals surface area contributed by atoms with E-state index < -0.39 is 26.6 Å². The summed E-state index contributed by atoms with van der Waals surface area (Å²) in [5, 5.41) is 2.71. The van der Waals surface area contributed by atoms with E-state index in [-0.39, 0.29) is 11.0 Å². The Hall–Kier alpha value is -2.78. The second kappa shape index (κ2) is 7.72. The van der Waals surface area contributed by atoms with Gasteiger partial charge < -0.3 is 9.73 Å². The summed E-state index contributed by atoms with van der Waals surface area (Å²) in [5.74, 6) is -0.833. The van der Waals surface area contributed by atoms with Gasteiger partial charge in [0.2, 0.25) is 15.9 Å². The van der Waals surface area contributed by atoms with E-state index in [1.165, 1.54) is 10.4 Å². The summed E-state index contributed by atoms with van der Waals surface area (Å²) in [4.78, 5) is 16.7. The Kier molecular flexibility index (Phi) is 5.35.